The van der Waals surface area contributed by atoms with Crippen molar-refractivity contribution in [3.63, 3.8) is 0 Å². The van der Waals surface area contributed by atoms with E-state index in [-0.39, 0.29) is 11.6 Å². The van der Waals surface area contributed by atoms with Gasteiger partial charge in [-0.3, -0.25) is 4.79 Å². The van der Waals surface area contributed by atoms with E-state index in [1.165, 1.54) is 32.4 Å². The molecule has 0 heterocycles. The predicted octanol–water partition coefficient (Wildman–Crippen LogP) is 3.38. The van der Waals surface area contributed by atoms with Gasteiger partial charge in [-0.05, 0) is 48.9 Å². The van der Waals surface area contributed by atoms with Crippen LogP contribution < -0.4 is 9.47 Å². The monoisotopic (exact) mass is 274 g/mol. The van der Waals surface area contributed by atoms with Crippen LogP contribution in [0.1, 0.15) is 21.5 Å². The second kappa shape index (κ2) is 5.74. The summed E-state index contributed by atoms with van der Waals surface area (Å²) in [5, 5.41) is 0. The van der Waals surface area contributed by atoms with E-state index in [4.69, 9.17) is 9.47 Å². The quantitative estimate of drug-likeness (QED) is 0.802. The highest BCUT2D eigenvalue weighted by Gasteiger charge is 2.17. The Morgan fingerprint density at radius 3 is 2.35 bits per heavy atom. The second-order valence-corrected chi connectivity index (χ2v) is 4.35. The minimum Gasteiger partial charge on any atom is -0.497 e. The van der Waals surface area contributed by atoms with Crippen LogP contribution in [0.2, 0.25) is 0 Å². The standard InChI is InChI=1S/C16H15FO3/c1-10-8-11(17)4-6-13(10)16(18)14-9-12(19-2)5-7-15(14)20-3/h4-9H,1-3H3. The van der Waals surface area contributed by atoms with Crippen LogP contribution in [0.4, 0.5) is 4.39 Å². The van der Waals surface area contributed by atoms with Gasteiger partial charge in [-0.1, -0.05) is 0 Å². The lowest BCUT2D eigenvalue weighted by atomic mass is 9.98. The Morgan fingerprint density at radius 2 is 1.75 bits per heavy atom. The summed E-state index contributed by atoms with van der Waals surface area (Å²) in [5.74, 6) is 0.434. The number of ether oxygens (including phenoxy) is 2. The van der Waals surface area contributed by atoms with Crippen LogP contribution in [-0.4, -0.2) is 20.0 Å². The molecule has 2 aromatic carbocycles. The summed E-state index contributed by atoms with van der Waals surface area (Å²) in [6.45, 7) is 1.70. The van der Waals surface area contributed by atoms with Crippen molar-refractivity contribution < 1.29 is 18.7 Å². The number of carbonyl (C=O) groups is 1. The summed E-state index contributed by atoms with van der Waals surface area (Å²) < 4.78 is 23.4. The molecule has 104 valence electrons. The van der Waals surface area contributed by atoms with Gasteiger partial charge < -0.3 is 9.47 Å². The van der Waals surface area contributed by atoms with Crippen molar-refractivity contribution in [2.75, 3.05) is 14.2 Å². The molecule has 0 aliphatic carbocycles. The maximum Gasteiger partial charge on any atom is 0.197 e. The average molecular weight is 274 g/mol. The Bertz CT molecular complexity index is 650. The molecule has 0 N–H and O–H groups in total. The van der Waals surface area contributed by atoms with Crippen molar-refractivity contribution in [2.45, 2.75) is 6.92 Å². The van der Waals surface area contributed by atoms with Gasteiger partial charge in [0.15, 0.2) is 5.78 Å². The summed E-state index contributed by atoms with van der Waals surface area (Å²) in [6.07, 6.45) is 0. The zero-order chi connectivity index (χ0) is 14.7. The lowest BCUT2D eigenvalue weighted by Gasteiger charge is -2.11. The fourth-order valence-corrected chi connectivity index (χ4v) is 2.02. The molecule has 0 aliphatic heterocycles. The molecule has 0 saturated heterocycles. The van der Waals surface area contributed by atoms with Crippen LogP contribution in [0.15, 0.2) is 36.4 Å². The number of halogens is 1. The summed E-state index contributed by atoms with van der Waals surface area (Å²) >= 11 is 0. The maximum atomic E-state index is 13.1. The normalized spacial score (nSPS) is 10.2. The molecule has 2 aromatic rings. The minimum atomic E-state index is -0.364. The fraction of sp³-hybridized carbons (Fsp3) is 0.188. The van der Waals surface area contributed by atoms with Gasteiger partial charge in [-0.15, -0.1) is 0 Å². The van der Waals surface area contributed by atoms with Crippen LogP contribution in [-0.2, 0) is 0 Å². The third-order valence-corrected chi connectivity index (χ3v) is 3.08. The van der Waals surface area contributed by atoms with Crippen LogP contribution in [0, 0.1) is 12.7 Å². The number of rotatable bonds is 4. The molecule has 2 rings (SSSR count). The van der Waals surface area contributed by atoms with Crippen molar-refractivity contribution in [1.82, 2.24) is 0 Å². The van der Waals surface area contributed by atoms with Gasteiger partial charge in [-0.25, -0.2) is 4.39 Å². The molecule has 20 heavy (non-hydrogen) atoms. The summed E-state index contributed by atoms with van der Waals surface area (Å²) in [6, 6.07) is 9.08. The predicted molar refractivity (Wildman–Crippen MR) is 74.1 cm³/mol. The van der Waals surface area contributed by atoms with Crippen LogP contribution >= 0.6 is 0 Å². The molecule has 0 radical (unpaired) electrons. The van der Waals surface area contributed by atoms with Gasteiger partial charge in [0.05, 0.1) is 19.8 Å². The number of aryl methyl sites for hydroxylation is 1. The largest absolute Gasteiger partial charge is 0.497 e. The lowest BCUT2D eigenvalue weighted by molar-refractivity contribution is 0.103. The molecule has 0 atom stereocenters. The second-order valence-electron chi connectivity index (χ2n) is 4.35. The number of methoxy groups -OCH3 is 2. The fourth-order valence-electron chi connectivity index (χ4n) is 2.02. The van der Waals surface area contributed by atoms with Crippen molar-refractivity contribution >= 4 is 5.78 Å². The molecular formula is C16H15FO3. The molecule has 0 amide bonds. The third kappa shape index (κ3) is 2.64. The van der Waals surface area contributed by atoms with Gasteiger partial charge in [0.1, 0.15) is 17.3 Å². The molecule has 0 fully saturated rings. The van der Waals surface area contributed by atoms with Gasteiger partial charge in [-0.2, -0.15) is 0 Å². The van der Waals surface area contributed by atoms with Crippen molar-refractivity contribution in [3.05, 3.63) is 58.9 Å². The van der Waals surface area contributed by atoms with Gasteiger partial charge >= 0.3 is 0 Å². The zero-order valence-corrected chi connectivity index (χ0v) is 11.6. The van der Waals surface area contributed by atoms with Gasteiger partial charge in [0.2, 0.25) is 0 Å². The number of carbonyl (C=O) groups excluding carboxylic acids is 1. The van der Waals surface area contributed by atoms with E-state index in [9.17, 15) is 9.18 Å². The van der Waals surface area contributed by atoms with E-state index in [1.54, 1.807) is 25.1 Å². The van der Waals surface area contributed by atoms with Gasteiger partial charge in [0, 0.05) is 5.56 Å². The Labute approximate surface area is 117 Å². The first-order chi connectivity index (χ1) is 9.56. The van der Waals surface area contributed by atoms with E-state index >= 15 is 0 Å². The molecular weight excluding hydrogens is 259 g/mol. The van der Waals surface area contributed by atoms with Crippen molar-refractivity contribution in [1.29, 1.82) is 0 Å². The molecule has 0 unspecified atom stereocenters. The van der Waals surface area contributed by atoms with E-state index in [1.807, 2.05) is 0 Å². The van der Waals surface area contributed by atoms with Crippen LogP contribution in [0.25, 0.3) is 0 Å². The molecule has 0 aliphatic rings. The molecule has 0 aromatic heterocycles. The summed E-state index contributed by atoms with van der Waals surface area (Å²) in [7, 11) is 3.02. The topological polar surface area (TPSA) is 35.5 Å². The molecule has 0 saturated carbocycles. The minimum absolute atomic E-state index is 0.224. The first-order valence-corrected chi connectivity index (χ1v) is 6.09. The van der Waals surface area contributed by atoms with Crippen LogP contribution in [0.5, 0.6) is 11.5 Å². The molecule has 4 heteroatoms. The maximum absolute atomic E-state index is 13.1. The van der Waals surface area contributed by atoms with E-state index < -0.39 is 0 Å². The van der Waals surface area contributed by atoms with Gasteiger partial charge in [0.25, 0.3) is 0 Å². The SMILES string of the molecule is COc1ccc(OC)c(C(=O)c2ccc(F)cc2C)c1. The highest BCUT2D eigenvalue weighted by molar-refractivity contribution is 6.11. The number of ketones is 1. The van der Waals surface area contributed by atoms with E-state index in [0.29, 0.717) is 28.2 Å². The van der Waals surface area contributed by atoms with Crippen molar-refractivity contribution in [2.24, 2.45) is 0 Å². The molecule has 0 bridgehead atoms. The molecule has 0 spiro atoms. The summed E-state index contributed by atoms with van der Waals surface area (Å²) in [4.78, 5) is 12.6. The van der Waals surface area contributed by atoms with E-state index in [0.717, 1.165) is 0 Å². The Kier molecular flexibility index (Phi) is 4.03. The number of hydrogen-bond acceptors (Lipinski definition) is 3. The Hall–Kier alpha value is -2.36. The number of benzene rings is 2. The highest BCUT2D eigenvalue weighted by atomic mass is 19.1. The summed E-state index contributed by atoms with van der Waals surface area (Å²) in [5.41, 5.74) is 1.42. The zero-order valence-electron chi connectivity index (χ0n) is 11.6. The molecule has 3 nitrogen and oxygen atoms in total. The number of hydrogen-bond donors (Lipinski definition) is 0. The smallest absolute Gasteiger partial charge is 0.197 e. The third-order valence-electron chi connectivity index (χ3n) is 3.08. The highest BCUT2D eigenvalue weighted by Crippen LogP contribution is 2.27. The average Bonchev–Trinajstić information content (AvgIpc) is 2.46. The van der Waals surface area contributed by atoms with Crippen LogP contribution in [0.3, 0.4) is 0 Å². The first-order valence-electron chi connectivity index (χ1n) is 6.09. The Morgan fingerprint density at radius 1 is 1.00 bits per heavy atom. The van der Waals surface area contributed by atoms with E-state index in [2.05, 4.69) is 0 Å². The Balaban J connectivity index is 2.51. The first kappa shape index (κ1) is 14.1. The van der Waals surface area contributed by atoms with Crippen molar-refractivity contribution in [3.8, 4) is 11.5 Å². The lowest BCUT2D eigenvalue weighted by Crippen LogP contribution is -2.06.